The molecule has 0 aliphatic carbocycles. The average Bonchev–Trinajstić information content (AvgIpc) is 2.71. The van der Waals surface area contributed by atoms with Gasteiger partial charge in [0.15, 0.2) is 6.61 Å². The molecular formula is C18H18N2O8. The van der Waals surface area contributed by atoms with Crippen molar-refractivity contribution in [3.8, 4) is 17.2 Å². The van der Waals surface area contributed by atoms with Crippen molar-refractivity contribution >= 4 is 23.3 Å². The van der Waals surface area contributed by atoms with Gasteiger partial charge in [-0.3, -0.25) is 14.9 Å². The van der Waals surface area contributed by atoms with Gasteiger partial charge in [-0.15, -0.1) is 0 Å². The molecular weight excluding hydrogens is 372 g/mol. The molecule has 0 radical (unpaired) electrons. The van der Waals surface area contributed by atoms with Gasteiger partial charge in [-0.05, 0) is 18.2 Å². The SMILES string of the molecule is COc1cc(OC)cc(C(=O)OCC(=O)Nc2cc(OC)ccc2[N+](=O)[O-])c1. The molecule has 0 aliphatic heterocycles. The minimum absolute atomic E-state index is 0.0755. The van der Waals surface area contributed by atoms with Gasteiger partial charge < -0.3 is 24.3 Å². The molecule has 148 valence electrons. The second-order valence-electron chi connectivity index (χ2n) is 5.37. The molecule has 0 unspecified atom stereocenters. The molecule has 0 bridgehead atoms. The van der Waals surface area contributed by atoms with E-state index >= 15 is 0 Å². The van der Waals surface area contributed by atoms with Gasteiger partial charge in [0.1, 0.15) is 22.9 Å². The predicted octanol–water partition coefficient (Wildman–Crippen LogP) is 2.42. The van der Waals surface area contributed by atoms with Crippen molar-refractivity contribution in [2.45, 2.75) is 0 Å². The lowest BCUT2D eigenvalue weighted by Gasteiger charge is -2.10. The van der Waals surface area contributed by atoms with Crippen molar-refractivity contribution in [3.05, 3.63) is 52.1 Å². The molecule has 2 aromatic carbocycles. The molecule has 2 aromatic rings. The first kappa shape index (κ1) is 20.5. The summed E-state index contributed by atoms with van der Waals surface area (Å²) in [5.41, 5.74) is -0.275. The first-order chi connectivity index (χ1) is 13.4. The third-order valence-corrected chi connectivity index (χ3v) is 3.60. The molecule has 0 saturated heterocycles. The largest absolute Gasteiger partial charge is 0.497 e. The predicted molar refractivity (Wildman–Crippen MR) is 98.1 cm³/mol. The third-order valence-electron chi connectivity index (χ3n) is 3.60. The Morgan fingerprint density at radius 3 is 2.11 bits per heavy atom. The van der Waals surface area contributed by atoms with E-state index in [1.165, 1.54) is 51.7 Å². The van der Waals surface area contributed by atoms with Crippen molar-refractivity contribution in [2.24, 2.45) is 0 Å². The minimum atomic E-state index is -0.785. The number of methoxy groups -OCH3 is 3. The fourth-order valence-corrected chi connectivity index (χ4v) is 2.23. The maximum absolute atomic E-state index is 12.2. The van der Waals surface area contributed by atoms with Crippen LogP contribution in [0, 0.1) is 10.1 Å². The molecule has 0 spiro atoms. The zero-order chi connectivity index (χ0) is 20.7. The number of anilines is 1. The van der Waals surface area contributed by atoms with Crippen LogP contribution < -0.4 is 19.5 Å². The van der Waals surface area contributed by atoms with Crippen LogP contribution in [0.15, 0.2) is 36.4 Å². The van der Waals surface area contributed by atoms with Crippen LogP contribution in [0.3, 0.4) is 0 Å². The number of hydrogen-bond acceptors (Lipinski definition) is 8. The molecule has 0 saturated carbocycles. The zero-order valence-electron chi connectivity index (χ0n) is 15.4. The maximum atomic E-state index is 12.2. The van der Waals surface area contributed by atoms with Gasteiger partial charge in [0, 0.05) is 18.2 Å². The van der Waals surface area contributed by atoms with Gasteiger partial charge >= 0.3 is 5.97 Å². The van der Waals surface area contributed by atoms with Gasteiger partial charge in [0.25, 0.3) is 11.6 Å². The summed E-state index contributed by atoms with van der Waals surface area (Å²) >= 11 is 0. The molecule has 0 atom stereocenters. The van der Waals surface area contributed by atoms with Crippen LogP contribution in [0.4, 0.5) is 11.4 Å². The average molecular weight is 390 g/mol. The Morgan fingerprint density at radius 2 is 1.57 bits per heavy atom. The Balaban J connectivity index is 2.07. The third kappa shape index (κ3) is 5.10. The van der Waals surface area contributed by atoms with E-state index in [0.29, 0.717) is 17.2 Å². The number of nitro groups is 1. The van der Waals surface area contributed by atoms with Gasteiger partial charge in [-0.25, -0.2) is 4.79 Å². The highest BCUT2D eigenvalue weighted by Gasteiger charge is 2.18. The number of benzene rings is 2. The van der Waals surface area contributed by atoms with Crippen molar-refractivity contribution in [3.63, 3.8) is 0 Å². The second-order valence-corrected chi connectivity index (χ2v) is 5.37. The van der Waals surface area contributed by atoms with E-state index in [-0.39, 0.29) is 16.9 Å². The lowest BCUT2D eigenvalue weighted by atomic mass is 10.2. The molecule has 0 fully saturated rings. The Labute approximate surface area is 160 Å². The summed E-state index contributed by atoms with van der Waals surface area (Å²) in [6.07, 6.45) is 0. The lowest BCUT2D eigenvalue weighted by Crippen LogP contribution is -2.21. The number of esters is 1. The number of amides is 1. The van der Waals surface area contributed by atoms with E-state index in [1.54, 1.807) is 6.07 Å². The number of ether oxygens (including phenoxy) is 4. The molecule has 28 heavy (non-hydrogen) atoms. The monoisotopic (exact) mass is 390 g/mol. The van der Waals surface area contributed by atoms with Gasteiger partial charge in [-0.2, -0.15) is 0 Å². The van der Waals surface area contributed by atoms with Gasteiger partial charge in [0.05, 0.1) is 31.8 Å². The fraction of sp³-hybridized carbons (Fsp3) is 0.222. The Hall–Kier alpha value is -3.82. The van der Waals surface area contributed by atoms with E-state index in [1.807, 2.05) is 0 Å². The molecule has 2 rings (SSSR count). The van der Waals surface area contributed by atoms with Crippen molar-refractivity contribution < 1.29 is 33.5 Å². The van der Waals surface area contributed by atoms with E-state index < -0.39 is 23.4 Å². The summed E-state index contributed by atoms with van der Waals surface area (Å²) < 4.78 is 20.1. The van der Waals surface area contributed by atoms with Crippen molar-refractivity contribution in [1.29, 1.82) is 0 Å². The highest BCUT2D eigenvalue weighted by atomic mass is 16.6. The first-order valence-corrected chi connectivity index (χ1v) is 7.90. The zero-order valence-corrected chi connectivity index (χ0v) is 15.4. The standard InChI is InChI=1S/C18H18N2O8/c1-25-12-4-5-16(20(23)24)15(9-12)19-17(21)10-28-18(22)11-6-13(26-2)8-14(7-11)27-3/h4-9H,10H2,1-3H3,(H,19,21). The Bertz CT molecular complexity index is 875. The summed E-state index contributed by atoms with van der Waals surface area (Å²) in [6.45, 7) is -0.646. The minimum Gasteiger partial charge on any atom is -0.497 e. The van der Waals surface area contributed by atoms with Crippen LogP contribution in [0.1, 0.15) is 10.4 Å². The number of nitrogens with one attached hydrogen (secondary N) is 1. The van der Waals surface area contributed by atoms with Crippen molar-refractivity contribution in [2.75, 3.05) is 33.3 Å². The molecule has 0 heterocycles. The number of hydrogen-bond donors (Lipinski definition) is 1. The first-order valence-electron chi connectivity index (χ1n) is 7.90. The lowest BCUT2D eigenvalue weighted by molar-refractivity contribution is -0.383. The molecule has 10 heteroatoms. The van der Waals surface area contributed by atoms with E-state index in [9.17, 15) is 19.7 Å². The van der Waals surface area contributed by atoms with Crippen LogP contribution in [0.5, 0.6) is 17.2 Å². The normalized spacial score (nSPS) is 9.96. The summed E-state index contributed by atoms with van der Waals surface area (Å²) in [6, 6.07) is 8.31. The highest BCUT2D eigenvalue weighted by molar-refractivity contribution is 5.97. The number of carbonyl (C=O) groups excluding carboxylic acids is 2. The summed E-state index contributed by atoms with van der Waals surface area (Å²) in [4.78, 5) is 34.7. The maximum Gasteiger partial charge on any atom is 0.338 e. The number of nitrogens with zero attached hydrogens (tertiary/aromatic N) is 1. The topological polar surface area (TPSA) is 126 Å². The fourth-order valence-electron chi connectivity index (χ4n) is 2.23. The number of rotatable bonds is 8. The number of carbonyl (C=O) groups is 2. The van der Waals surface area contributed by atoms with Crippen LogP contribution in [-0.4, -0.2) is 44.7 Å². The summed E-state index contributed by atoms with van der Waals surface area (Å²) in [5.74, 6) is -0.459. The van der Waals surface area contributed by atoms with Crippen molar-refractivity contribution in [1.82, 2.24) is 0 Å². The van der Waals surface area contributed by atoms with Crippen LogP contribution >= 0.6 is 0 Å². The van der Waals surface area contributed by atoms with Crippen LogP contribution in [-0.2, 0) is 9.53 Å². The van der Waals surface area contributed by atoms with Gasteiger partial charge in [0.2, 0.25) is 0 Å². The molecule has 1 N–H and O–H groups in total. The van der Waals surface area contributed by atoms with Crippen LogP contribution in [0.25, 0.3) is 0 Å². The molecule has 0 aliphatic rings. The number of nitro benzene ring substituents is 1. The summed E-state index contributed by atoms with van der Waals surface area (Å²) in [5, 5.41) is 13.4. The molecule has 1 amide bonds. The smallest absolute Gasteiger partial charge is 0.338 e. The Kier molecular flexibility index (Phi) is 6.74. The molecule has 0 aromatic heterocycles. The Morgan fingerprint density at radius 1 is 0.964 bits per heavy atom. The molecule has 10 nitrogen and oxygen atoms in total. The quantitative estimate of drug-likeness (QED) is 0.414. The van der Waals surface area contributed by atoms with Crippen LogP contribution in [0.2, 0.25) is 0 Å². The van der Waals surface area contributed by atoms with E-state index in [4.69, 9.17) is 18.9 Å². The second kappa shape index (κ2) is 9.21. The van der Waals surface area contributed by atoms with E-state index in [2.05, 4.69) is 5.32 Å². The van der Waals surface area contributed by atoms with E-state index in [0.717, 1.165) is 0 Å². The highest BCUT2D eigenvalue weighted by Crippen LogP contribution is 2.29. The summed E-state index contributed by atoms with van der Waals surface area (Å²) in [7, 11) is 4.24. The van der Waals surface area contributed by atoms with Gasteiger partial charge in [-0.1, -0.05) is 0 Å².